The third kappa shape index (κ3) is 5.91. The fraction of sp³-hybridized carbons (Fsp3) is 0.471. The zero-order chi connectivity index (χ0) is 20.7. The number of nitrogens with zero attached hydrogens (tertiary/aromatic N) is 4. The fourth-order valence-corrected chi connectivity index (χ4v) is 2.53. The molecule has 0 bridgehead atoms. The van der Waals surface area contributed by atoms with E-state index in [2.05, 4.69) is 4.98 Å². The maximum Gasteiger partial charge on any atom is 0.328 e. The van der Waals surface area contributed by atoms with Gasteiger partial charge in [0.1, 0.15) is 38.6 Å². The Morgan fingerprint density at radius 2 is 2.11 bits per heavy atom. The van der Waals surface area contributed by atoms with Crippen LogP contribution in [0.15, 0.2) is 34.5 Å². The van der Waals surface area contributed by atoms with Crippen molar-refractivity contribution in [2.45, 2.75) is 20.0 Å². The van der Waals surface area contributed by atoms with E-state index in [0.29, 0.717) is 12.1 Å². The van der Waals surface area contributed by atoms with Crippen molar-refractivity contribution in [1.29, 1.82) is 0 Å². The van der Waals surface area contributed by atoms with Gasteiger partial charge < -0.3 is 15.4 Å². The molecular weight excluding hydrogens is 368 g/mol. The average Bonchev–Trinajstić information content (AvgIpc) is 3.04. The number of carbonyl (C=O) groups is 2. The number of imidazole rings is 1. The number of amides is 1. The lowest BCUT2D eigenvalue weighted by molar-refractivity contribution is -0.671. The van der Waals surface area contributed by atoms with E-state index >= 15 is 0 Å². The number of carbonyl (C=O) groups excluding carboxylic acids is 2. The van der Waals surface area contributed by atoms with Crippen LogP contribution in [-0.2, 0) is 34.5 Å². The summed E-state index contributed by atoms with van der Waals surface area (Å²) < 4.78 is 9.98. The van der Waals surface area contributed by atoms with Gasteiger partial charge in [0.15, 0.2) is 0 Å². The number of nitrogens with two attached hydrogens (primary N) is 1. The number of rotatable bonds is 9. The number of nitrogens with one attached hydrogen (secondary N) is 1. The number of esters is 1. The summed E-state index contributed by atoms with van der Waals surface area (Å²) in [6.45, 7) is 1.88. The highest BCUT2D eigenvalue weighted by atomic mass is 16.5. The number of aryl methyl sites for hydroxylation is 2. The molecule has 0 saturated heterocycles. The molecule has 0 saturated carbocycles. The average molecular weight is 393 g/mol. The number of hydrogen-bond acceptors (Lipinski definition) is 6. The fourth-order valence-electron chi connectivity index (χ4n) is 2.53. The van der Waals surface area contributed by atoms with E-state index in [1.165, 1.54) is 18.0 Å². The predicted molar refractivity (Wildman–Crippen MR) is 98.3 cm³/mol. The molecule has 0 fully saturated rings. The molecular formula is C17H25N6O5+. The minimum absolute atomic E-state index is 0.137. The Hall–Kier alpha value is -3.21. The first-order valence-corrected chi connectivity index (χ1v) is 8.75. The van der Waals surface area contributed by atoms with Crippen molar-refractivity contribution in [2.24, 2.45) is 12.8 Å². The second-order valence-corrected chi connectivity index (χ2v) is 6.34. The van der Waals surface area contributed by atoms with E-state index < -0.39 is 23.1 Å². The monoisotopic (exact) mass is 393 g/mol. The third-order valence-electron chi connectivity index (χ3n) is 4.00. The van der Waals surface area contributed by atoms with Crippen LogP contribution in [0.25, 0.3) is 0 Å². The van der Waals surface area contributed by atoms with E-state index in [1.807, 2.05) is 34.9 Å². The molecule has 1 amide bonds. The molecule has 3 N–H and O–H groups in total. The summed E-state index contributed by atoms with van der Waals surface area (Å²) in [5.74, 6) is -1.04. The minimum Gasteiger partial charge on any atom is -0.460 e. The highest BCUT2D eigenvalue weighted by molar-refractivity contribution is 5.82. The number of ether oxygens (including phenoxy) is 1. The number of aromatic nitrogens is 4. The first-order valence-electron chi connectivity index (χ1n) is 8.75. The first-order chi connectivity index (χ1) is 13.3. The van der Waals surface area contributed by atoms with E-state index in [0.717, 1.165) is 4.57 Å². The first kappa shape index (κ1) is 21.1. The Labute approximate surface area is 160 Å². The molecule has 2 rings (SSSR count). The van der Waals surface area contributed by atoms with Crippen molar-refractivity contribution in [3.8, 4) is 0 Å². The van der Waals surface area contributed by atoms with Gasteiger partial charge in [-0.3, -0.25) is 23.9 Å². The summed E-state index contributed by atoms with van der Waals surface area (Å²) >= 11 is 0. The smallest absolute Gasteiger partial charge is 0.328 e. The molecule has 0 atom stereocenters. The van der Waals surface area contributed by atoms with Crippen molar-refractivity contribution >= 4 is 11.9 Å². The van der Waals surface area contributed by atoms with E-state index in [1.54, 1.807) is 0 Å². The maximum atomic E-state index is 12.5. The van der Waals surface area contributed by atoms with Crippen LogP contribution < -0.4 is 21.5 Å². The largest absolute Gasteiger partial charge is 0.460 e. The Balaban J connectivity index is 1.92. The summed E-state index contributed by atoms with van der Waals surface area (Å²) in [5.41, 5.74) is 4.62. The highest BCUT2D eigenvalue weighted by Gasteiger charge is 2.19. The summed E-state index contributed by atoms with van der Waals surface area (Å²) in [6.07, 6.45) is 6.86. The second kappa shape index (κ2) is 9.65. The van der Waals surface area contributed by atoms with Gasteiger partial charge >= 0.3 is 11.7 Å². The molecule has 0 radical (unpaired) electrons. The molecule has 0 aromatic carbocycles. The van der Waals surface area contributed by atoms with Crippen LogP contribution >= 0.6 is 0 Å². The molecule has 152 valence electrons. The van der Waals surface area contributed by atoms with Crippen LogP contribution in [-0.4, -0.2) is 57.1 Å². The van der Waals surface area contributed by atoms with Crippen LogP contribution in [0.5, 0.6) is 0 Å². The van der Waals surface area contributed by atoms with Gasteiger partial charge in [0.2, 0.25) is 12.2 Å². The number of hydrogen-bond donors (Lipinski definition) is 2. The van der Waals surface area contributed by atoms with Gasteiger partial charge in [-0.25, -0.2) is 13.9 Å². The molecule has 11 heteroatoms. The van der Waals surface area contributed by atoms with Crippen molar-refractivity contribution in [1.82, 2.24) is 19.0 Å². The predicted octanol–water partition coefficient (Wildman–Crippen LogP) is -2.50. The molecule has 2 heterocycles. The normalized spacial score (nSPS) is 10.7. The summed E-state index contributed by atoms with van der Waals surface area (Å²) in [5, 5.41) is 0. The topological polar surface area (TPSA) is 136 Å². The lowest BCUT2D eigenvalue weighted by Crippen LogP contribution is -2.43. The summed E-state index contributed by atoms with van der Waals surface area (Å²) in [6, 6.07) is 0. The Morgan fingerprint density at radius 3 is 2.75 bits per heavy atom. The van der Waals surface area contributed by atoms with Gasteiger partial charge in [-0.2, -0.15) is 0 Å². The SMILES string of the molecule is Cc1cn(CC(=O)N(CCN)CC(=O)OCCn2cc[n+](C)c2)c(=O)[nH]c1=O. The standard InChI is InChI=1S/C17H24N6O5/c1-13-9-23(17(27)19-16(13)26)10-14(24)22(4-3-18)11-15(25)28-8-7-21-6-5-20(2)12-21/h5-6,9,12H,3-4,7-8,10-11,18H2,1-2H3/p+1. The molecule has 2 aromatic heterocycles. The molecule has 0 unspecified atom stereocenters. The van der Waals surface area contributed by atoms with Crippen LogP contribution in [0.3, 0.4) is 0 Å². The van der Waals surface area contributed by atoms with Gasteiger partial charge in [0.05, 0.1) is 7.05 Å². The third-order valence-corrected chi connectivity index (χ3v) is 4.00. The molecule has 0 aliphatic carbocycles. The molecule has 28 heavy (non-hydrogen) atoms. The molecule has 11 nitrogen and oxygen atoms in total. The van der Waals surface area contributed by atoms with E-state index in [-0.39, 0.29) is 32.8 Å². The lowest BCUT2D eigenvalue weighted by Gasteiger charge is -2.21. The molecule has 0 spiro atoms. The summed E-state index contributed by atoms with van der Waals surface area (Å²) in [4.78, 5) is 51.1. The van der Waals surface area contributed by atoms with Crippen LogP contribution in [0.1, 0.15) is 5.56 Å². The van der Waals surface area contributed by atoms with Gasteiger partial charge in [0, 0.05) is 24.8 Å². The zero-order valence-electron chi connectivity index (χ0n) is 16.0. The van der Waals surface area contributed by atoms with E-state index in [9.17, 15) is 19.2 Å². The number of H-pyrrole nitrogens is 1. The van der Waals surface area contributed by atoms with Crippen LogP contribution in [0.4, 0.5) is 0 Å². The molecule has 0 aliphatic heterocycles. The van der Waals surface area contributed by atoms with Crippen molar-refractivity contribution in [3.63, 3.8) is 0 Å². The maximum absolute atomic E-state index is 12.5. The second-order valence-electron chi connectivity index (χ2n) is 6.34. The number of aromatic amines is 1. The Bertz CT molecular complexity index is 944. The quantitative estimate of drug-likeness (QED) is 0.357. The Morgan fingerprint density at radius 1 is 1.36 bits per heavy atom. The molecule has 0 aliphatic rings. The van der Waals surface area contributed by atoms with Gasteiger partial charge in [-0.1, -0.05) is 0 Å². The van der Waals surface area contributed by atoms with Crippen molar-refractivity contribution in [3.05, 3.63) is 51.3 Å². The minimum atomic E-state index is -0.695. The van der Waals surface area contributed by atoms with Gasteiger partial charge in [-0.05, 0) is 6.92 Å². The lowest BCUT2D eigenvalue weighted by atomic mass is 10.3. The van der Waals surface area contributed by atoms with Crippen LogP contribution in [0, 0.1) is 6.92 Å². The van der Waals surface area contributed by atoms with Gasteiger partial charge in [0.25, 0.3) is 5.56 Å². The summed E-state index contributed by atoms with van der Waals surface area (Å²) in [7, 11) is 1.88. The van der Waals surface area contributed by atoms with E-state index in [4.69, 9.17) is 10.5 Å². The van der Waals surface area contributed by atoms with Crippen LogP contribution in [0.2, 0.25) is 0 Å². The Kier molecular flexibility index (Phi) is 7.27. The molecule has 2 aromatic rings. The van der Waals surface area contributed by atoms with Crippen molar-refractivity contribution < 1.29 is 18.9 Å². The van der Waals surface area contributed by atoms with Crippen molar-refractivity contribution in [2.75, 3.05) is 26.2 Å². The zero-order valence-corrected chi connectivity index (χ0v) is 16.0. The highest BCUT2D eigenvalue weighted by Crippen LogP contribution is 1.96. The van der Waals surface area contributed by atoms with Gasteiger partial charge in [-0.15, -0.1) is 0 Å².